The van der Waals surface area contributed by atoms with Crippen molar-refractivity contribution in [1.82, 2.24) is 10.3 Å². The maximum Gasteiger partial charge on any atom is 0.323 e. The zero-order valence-electron chi connectivity index (χ0n) is 11.4. The van der Waals surface area contributed by atoms with E-state index in [0.29, 0.717) is 0 Å². The van der Waals surface area contributed by atoms with Crippen LogP contribution in [0.5, 0.6) is 0 Å². The summed E-state index contributed by atoms with van der Waals surface area (Å²) in [7, 11) is 1.39. The van der Waals surface area contributed by atoms with Gasteiger partial charge in [0.2, 0.25) is 0 Å². The zero-order chi connectivity index (χ0) is 14.4. The fourth-order valence-electron chi connectivity index (χ4n) is 1.72. The summed E-state index contributed by atoms with van der Waals surface area (Å²) in [6.07, 6.45) is 1.73. The standard InChI is InChI=1S/C14H19BrN2O2/c1-5-10(11-7-6-8-12(15)16-11)17-13(9(2)3)14(18)19-4/h5-10,13,17H,1H2,2-4H3/t10-,13-/m0/s1. The van der Waals surface area contributed by atoms with Gasteiger partial charge in [-0.2, -0.15) is 0 Å². The van der Waals surface area contributed by atoms with E-state index in [2.05, 4.69) is 32.8 Å². The molecule has 0 amide bonds. The largest absolute Gasteiger partial charge is 0.468 e. The normalized spacial score (nSPS) is 13.9. The number of rotatable bonds is 6. The highest BCUT2D eigenvalue weighted by molar-refractivity contribution is 9.10. The summed E-state index contributed by atoms with van der Waals surface area (Å²) in [5.74, 6) is -0.168. The van der Waals surface area contributed by atoms with E-state index in [0.717, 1.165) is 10.3 Å². The van der Waals surface area contributed by atoms with Gasteiger partial charge in [0.15, 0.2) is 0 Å². The van der Waals surface area contributed by atoms with Gasteiger partial charge in [0.1, 0.15) is 10.6 Å². The van der Waals surface area contributed by atoms with Gasteiger partial charge in [0.25, 0.3) is 0 Å². The van der Waals surface area contributed by atoms with Gasteiger partial charge in [-0.15, -0.1) is 6.58 Å². The second-order valence-corrected chi connectivity index (χ2v) is 5.32. The maximum atomic E-state index is 11.8. The van der Waals surface area contributed by atoms with Crippen molar-refractivity contribution in [2.24, 2.45) is 5.92 Å². The van der Waals surface area contributed by atoms with Crippen LogP contribution in [-0.2, 0) is 9.53 Å². The molecule has 1 heterocycles. The number of hydrogen-bond donors (Lipinski definition) is 1. The van der Waals surface area contributed by atoms with E-state index in [1.165, 1.54) is 7.11 Å². The van der Waals surface area contributed by atoms with E-state index in [-0.39, 0.29) is 17.9 Å². The van der Waals surface area contributed by atoms with Crippen LogP contribution in [0, 0.1) is 5.92 Å². The van der Waals surface area contributed by atoms with Gasteiger partial charge in [-0.3, -0.25) is 10.1 Å². The number of esters is 1. The van der Waals surface area contributed by atoms with Gasteiger partial charge in [-0.1, -0.05) is 26.0 Å². The first-order chi connectivity index (χ1) is 8.99. The number of ether oxygens (including phenoxy) is 1. The Balaban J connectivity index is 2.91. The molecule has 0 saturated carbocycles. The summed E-state index contributed by atoms with van der Waals surface area (Å²) in [6.45, 7) is 7.72. The number of carbonyl (C=O) groups is 1. The Morgan fingerprint density at radius 2 is 2.21 bits per heavy atom. The van der Waals surface area contributed by atoms with E-state index >= 15 is 0 Å². The lowest BCUT2D eigenvalue weighted by atomic mass is 10.0. The number of hydrogen-bond acceptors (Lipinski definition) is 4. The summed E-state index contributed by atoms with van der Waals surface area (Å²) in [4.78, 5) is 16.1. The summed E-state index contributed by atoms with van der Waals surface area (Å²) in [6, 6.07) is 5.04. The summed E-state index contributed by atoms with van der Waals surface area (Å²) >= 11 is 3.33. The third-order valence-corrected chi connectivity index (χ3v) is 3.21. The lowest BCUT2D eigenvalue weighted by molar-refractivity contribution is -0.144. The van der Waals surface area contributed by atoms with E-state index in [9.17, 15) is 4.79 Å². The molecule has 0 aliphatic heterocycles. The molecule has 1 N–H and O–H groups in total. The third kappa shape index (κ3) is 4.44. The summed E-state index contributed by atoms with van der Waals surface area (Å²) in [5, 5.41) is 3.22. The zero-order valence-corrected chi connectivity index (χ0v) is 13.0. The molecule has 0 bridgehead atoms. The van der Waals surface area contributed by atoms with E-state index < -0.39 is 6.04 Å². The van der Waals surface area contributed by atoms with E-state index in [1.54, 1.807) is 6.08 Å². The molecule has 1 rings (SSSR count). The van der Waals surface area contributed by atoms with Gasteiger partial charge in [0.05, 0.1) is 18.8 Å². The molecule has 0 fully saturated rings. The van der Waals surface area contributed by atoms with Crippen molar-refractivity contribution >= 4 is 21.9 Å². The maximum absolute atomic E-state index is 11.8. The lowest BCUT2D eigenvalue weighted by Crippen LogP contribution is -2.43. The van der Waals surface area contributed by atoms with Crippen LogP contribution in [0.3, 0.4) is 0 Å². The summed E-state index contributed by atoms with van der Waals surface area (Å²) in [5.41, 5.74) is 0.805. The van der Waals surface area contributed by atoms with Crippen molar-refractivity contribution in [3.63, 3.8) is 0 Å². The molecule has 2 atom stereocenters. The molecule has 0 radical (unpaired) electrons. The molecule has 4 nitrogen and oxygen atoms in total. The van der Waals surface area contributed by atoms with Gasteiger partial charge in [-0.05, 0) is 34.0 Å². The molecule has 0 saturated heterocycles. The van der Waals surface area contributed by atoms with Gasteiger partial charge >= 0.3 is 5.97 Å². The Morgan fingerprint density at radius 3 is 2.68 bits per heavy atom. The monoisotopic (exact) mass is 326 g/mol. The Morgan fingerprint density at radius 1 is 1.53 bits per heavy atom. The van der Waals surface area contributed by atoms with Crippen molar-refractivity contribution < 1.29 is 9.53 Å². The fraction of sp³-hybridized carbons (Fsp3) is 0.429. The topological polar surface area (TPSA) is 51.2 Å². The molecular weight excluding hydrogens is 308 g/mol. The van der Waals surface area contributed by atoms with Crippen LogP contribution in [0.25, 0.3) is 0 Å². The Bertz CT molecular complexity index is 449. The van der Waals surface area contributed by atoms with Crippen molar-refractivity contribution in [2.45, 2.75) is 25.9 Å². The quantitative estimate of drug-likeness (QED) is 0.496. The first-order valence-corrected chi connectivity index (χ1v) is 6.87. The smallest absolute Gasteiger partial charge is 0.323 e. The van der Waals surface area contributed by atoms with Crippen molar-refractivity contribution in [2.75, 3.05) is 7.11 Å². The molecule has 104 valence electrons. The predicted molar refractivity (Wildman–Crippen MR) is 78.7 cm³/mol. The SMILES string of the molecule is C=C[C@H](N[C@H](C(=O)OC)C(C)C)c1cccc(Br)n1. The van der Waals surface area contributed by atoms with Crippen LogP contribution in [0.4, 0.5) is 0 Å². The highest BCUT2D eigenvalue weighted by Gasteiger charge is 2.25. The van der Waals surface area contributed by atoms with Crippen LogP contribution in [0.2, 0.25) is 0 Å². The van der Waals surface area contributed by atoms with Crippen LogP contribution in [0.15, 0.2) is 35.5 Å². The average Bonchev–Trinajstić information content (AvgIpc) is 2.38. The highest BCUT2D eigenvalue weighted by Crippen LogP contribution is 2.17. The van der Waals surface area contributed by atoms with Crippen LogP contribution < -0.4 is 5.32 Å². The minimum absolute atomic E-state index is 0.113. The number of aromatic nitrogens is 1. The number of nitrogens with zero attached hydrogens (tertiary/aromatic N) is 1. The van der Waals surface area contributed by atoms with E-state index in [1.807, 2.05) is 32.0 Å². The molecule has 0 unspecified atom stereocenters. The molecule has 5 heteroatoms. The van der Waals surface area contributed by atoms with Gasteiger partial charge < -0.3 is 4.74 Å². The Hall–Kier alpha value is -1.20. The molecule has 19 heavy (non-hydrogen) atoms. The second kappa shape index (κ2) is 7.40. The second-order valence-electron chi connectivity index (χ2n) is 4.51. The molecular formula is C14H19BrN2O2. The Labute approximate surface area is 122 Å². The van der Waals surface area contributed by atoms with Crippen LogP contribution in [-0.4, -0.2) is 24.1 Å². The molecule has 0 aliphatic rings. The molecule has 1 aromatic heterocycles. The first kappa shape index (κ1) is 15.9. The minimum Gasteiger partial charge on any atom is -0.468 e. The van der Waals surface area contributed by atoms with Gasteiger partial charge in [-0.25, -0.2) is 4.98 Å². The highest BCUT2D eigenvalue weighted by atomic mass is 79.9. The molecule has 0 aromatic carbocycles. The third-order valence-electron chi connectivity index (χ3n) is 2.77. The minimum atomic E-state index is -0.395. The number of halogens is 1. The van der Waals surface area contributed by atoms with Crippen LogP contribution in [0.1, 0.15) is 25.6 Å². The molecule has 0 spiro atoms. The number of nitrogens with one attached hydrogen (secondary N) is 1. The average molecular weight is 327 g/mol. The fourth-order valence-corrected chi connectivity index (χ4v) is 2.08. The van der Waals surface area contributed by atoms with Gasteiger partial charge in [0, 0.05) is 0 Å². The molecule has 0 aliphatic carbocycles. The summed E-state index contributed by atoms with van der Waals surface area (Å²) < 4.78 is 5.56. The number of carbonyl (C=O) groups excluding carboxylic acids is 1. The molecule has 1 aromatic rings. The van der Waals surface area contributed by atoms with E-state index in [4.69, 9.17) is 4.74 Å². The van der Waals surface area contributed by atoms with Crippen LogP contribution >= 0.6 is 15.9 Å². The lowest BCUT2D eigenvalue weighted by Gasteiger charge is -2.24. The van der Waals surface area contributed by atoms with Crippen molar-refractivity contribution in [1.29, 1.82) is 0 Å². The predicted octanol–water partition coefficient (Wildman–Crippen LogP) is 2.86. The number of methoxy groups -OCH3 is 1. The van der Waals surface area contributed by atoms with Crippen molar-refractivity contribution in [3.05, 3.63) is 41.2 Å². The number of pyridine rings is 1. The van der Waals surface area contributed by atoms with Crippen molar-refractivity contribution in [3.8, 4) is 0 Å². The first-order valence-electron chi connectivity index (χ1n) is 6.08. The Kier molecular flexibility index (Phi) is 6.18.